The Morgan fingerprint density at radius 1 is 1.20 bits per heavy atom. The number of benzene rings is 1. The summed E-state index contributed by atoms with van der Waals surface area (Å²) in [5.74, 6) is 2.71. The summed E-state index contributed by atoms with van der Waals surface area (Å²) in [6.45, 7) is 9.33. The molecule has 1 aliphatic carbocycles. The molecule has 2 heterocycles. The number of carbonyl (C=O) groups excluding carboxylic acids is 2. The highest BCUT2D eigenvalue weighted by Gasteiger charge is 2.44. The average molecular weight is 482 g/mol. The van der Waals surface area contributed by atoms with E-state index in [0.29, 0.717) is 31.6 Å². The number of amides is 2. The average Bonchev–Trinajstić information content (AvgIpc) is 3.41. The van der Waals surface area contributed by atoms with E-state index in [2.05, 4.69) is 33.9 Å². The number of ether oxygens (including phenoxy) is 1. The first-order chi connectivity index (χ1) is 16.8. The van der Waals surface area contributed by atoms with Crippen molar-refractivity contribution in [1.82, 2.24) is 25.0 Å². The van der Waals surface area contributed by atoms with Gasteiger partial charge >= 0.3 is 0 Å². The van der Waals surface area contributed by atoms with Gasteiger partial charge in [-0.1, -0.05) is 32.4 Å². The second kappa shape index (κ2) is 10.8. The molecule has 0 unspecified atom stereocenters. The maximum atomic E-state index is 13.4. The number of methoxy groups -OCH3 is 1. The first kappa shape index (κ1) is 25.2. The van der Waals surface area contributed by atoms with Crippen molar-refractivity contribution in [2.75, 3.05) is 20.2 Å². The van der Waals surface area contributed by atoms with Crippen LogP contribution in [-0.2, 0) is 22.6 Å². The van der Waals surface area contributed by atoms with E-state index in [1.54, 1.807) is 18.9 Å². The SMILES string of the molecule is COc1cc(C)ccc1CNC(=O)[C@H]1CN(C(C)=O)C[C@@H]1c1nnc(CCCC(C)C)n1C1CC1. The van der Waals surface area contributed by atoms with E-state index < -0.39 is 0 Å². The summed E-state index contributed by atoms with van der Waals surface area (Å²) in [5, 5.41) is 12.3. The molecule has 1 aromatic carbocycles. The van der Waals surface area contributed by atoms with Gasteiger partial charge in [-0.15, -0.1) is 10.2 Å². The normalized spacial score (nSPS) is 19.9. The van der Waals surface area contributed by atoms with Crippen LogP contribution in [0, 0.1) is 18.8 Å². The van der Waals surface area contributed by atoms with Gasteiger partial charge in [-0.3, -0.25) is 9.59 Å². The van der Waals surface area contributed by atoms with E-state index in [0.717, 1.165) is 60.6 Å². The predicted octanol–water partition coefficient (Wildman–Crippen LogP) is 3.79. The lowest BCUT2D eigenvalue weighted by Gasteiger charge is -2.19. The molecule has 1 aromatic heterocycles. The summed E-state index contributed by atoms with van der Waals surface area (Å²) in [6, 6.07) is 6.38. The molecule has 8 nitrogen and oxygen atoms in total. The van der Waals surface area contributed by atoms with E-state index in [4.69, 9.17) is 4.74 Å². The molecule has 190 valence electrons. The zero-order chi connectivity index (χ0) is 25.1. The van der Waals surface area contributed by atoms with E-state index in [1.807, 2.05) is 25.1 Å². The van der Waals surface area contributed by atoms with Crippen LogP contribution in [0.5, 0.6) is 5.75 Å². The molecule has 2 fully saturated rings. The Kier molecular flexibility index (Phi) is 7.77. The number of nitrogens with zero attached hydrogens (tertiary/aromatic N) is 4. The second-order valence-corrected chi connectivity index (χ2v) is 10.5. The Hall–Kier alpha value is -2.90. The minimum absolute atomic E-state index is 0.0138. The van der Waals surface area contributed by atoms with E-state index in [-0.39, 0.29) is 23.7 Å². The Bertz CT molecular complexity index is 1060. The Labute approximate surface area is 208 Å². The second-order valence-electron chi connectivity index (χ2n) is 10.5. The largest absolute Gasteiger partial charge is 0.496 e. The molecule has 35 heavy (non-hydrogen) atoms. The lowest BCUT2D eigenvalue weighted by molar-refractivity contribution is -0.128. The summed E-state index contributed by atoms with van der Waals surface area (Å²) in [7, 11) is 1.64. The Balaban J connectivity index is 1.54. The van der Waals surface area contributed by atoms with Crippen molar-refractivity contribution in [2.45, 2.75) is 78.3 Å². The minimum atomic E-state index is -0.361. The van der Waals surface area contributed by atoms with Gasteiger partial charge in [0.25, 0.3) is 0 Å². The highest BCUT2D eigenvalue weighted by atomic mass is 16.5. The molecule has 2 atom stereocenters. The molecule has 0 bridgehead atoms. The molecule has 1 saturated heterocycles. The van der Waals surface area contributed by atoms with Crippen LogP contribution in [0.2, 0.25) is 0 Å². The van der Waals surface area contributed by atoms with Crippen LogP contribution in [0.1, 0.15) is 81.2 Å². The summed E-state index contributed by atoms with van der Waals surface area (Å²) in [4.78, 5) is 27.5. The van der Waals surface area contributed by atoms with Gasteiger partial charge in [-0.2, -0.15) is 0 Å². The first-order valence-corrected chi connectivity index (χ1v) is 12.9. The molecule has 1 N–H and O–H groups in total. The Morgan fingerprint density at radius 3 is 2.63 bits per heavy atom. The van der Waals surface area contributed by atoms with Crippen LogP contribution in [0.4, 0.5) is 0 Å². The number of hydrogen-bond donors (Lipinski definition) is 1. The molecule has 2 amide bonds. The van der Waals surface area contributed by atoms with Gasteiger partial charge in [-0.05, 0) is 43.7 Å². The van der Waals surface area contributed by atoms with Gasteiger partial charge in [0.15, 0.2) is 0 Å². The third kappa shape index (κ3) is 5.85. The number of rotatable bonds is 10. The summed E-state index contributed by atoms with van der Waals surface area (Å²) in [6.07, 6.45) is 5.37. The number of nitrogens with one attached hydrogen (secondary N) is 1. The highest BCUT2D eigenvalue weighted by Crippen LogP contribution is 2.41. The quantitative estimate of drug-likeness (QED) is 0.558. The maximum Gasteiger partial charge on any atom is 0.225 e. The van der Waals surface area contributed by atoms with Gasteiger partial charge in [0, 0.05) is 44.6 Å². The predicted molar refractivity (Wildman–Crippen MR) is 134 cm³/mol. The number of aromatic nitrogens is 3. The van der Waals surface area contributed by atoms with Crippen molar-refractivity contribution in [2.24, 2.45) is 11.8 Å². The van der Waals surface area contributed by atoms with Crippen LogP contribution in [0.3, 0.4) is 0 Å². The molecule has 1 aliphatic heterocycles. The topological polar surface area (TPSA) is 89.3 Å². The standard InChI is InChI=1S/C27H39N5O3/c1-17(2)7-6-8-25-29-30-26(32(25)21-11-12-21)22-15-31(19(4)33)16-23(22)27(34)28-14-20-10-9-18(3)13-24(20)35-5/h9-10,13,17,21-23H,6-8,11-12,14-16H2,1-5H3,(H,28,34)/t22-,23-/m0/s1. The van der Waals surface area contributed by atoms with Gasteiger partial charge in [-0.25, -0.2) is 0 Å². The molecule has 0 spiro atoms. The van der Waals surface area contributed by atoms with Crippen molar-refractivity contribution in [3.63, 3.8) is 0 Å². The molecule has 2 aliphatic rings. The van der Waals surface area contributed by atoms with Gasteiger partial charge < -0.3 is 19.5 Å². The van der Waals surface area contributed by atoms with Crippen molar-refractivity contribution >= 4 is 11.8 Å². The number of carbonyl (C=O) groups is 2. The first-order valence-electron chi connectivity index (χ1n) is 12.9. The van der Waals surface area contributed by atoms with Crippen molar-refractivity contribution in [1.29, 1.82) is 0 Å². The third-order valence-corrected chi connectivity index (χ3v) is 7.22. The molecule has 8 heteroatoms. The van der Waals surface area contributed by atoms with Crippen LogP contribution in [0.15, 0.2) is 18.2 Å². The Morgan fingerprint density at radius 2 is 1.97 bits per heavy atom. The van der Waals surface area contributed by atoms with Crippen molar-refractivity contribution in [3.05, 3.63) is 41.0 Å². The van der Waals surface area contributed by atoms with Gasteiger partial charge in [0.2, 0.25) is 11.8 Å². The van der Waals surface area contributed by atoms with E-state index >= 15 is 0 Å². The monoisotopic (exact) mass is 481 g/mol. The smallest absolute Gasteiger partial charge is 0.225 e. The number of aryl methyl sites for hydroxylation is 2. The molecule has 0 radical (unpaired) electrons. The fourth-order valence-electron chi connectivity index (χ4n) is 5.06. The third-order valence-electron chi connectivity index (χ3n) is 7.22. The zero-order valence-corrected chi connectivity index (χ0v) is 21.7. The number of likely N-dealkylation sites (tertiary alicyclic amines) is 1. The molecule has 2 aromatic rings. The van der Waals surface area contributed by atoms with Gasteiger partial charge in [0.1, 0.15) is 17.4 Å². The van der Waals surface area contributed by atoms with E-state index in [9.17, 15) is 9.59 Å². The minimum Gasteiger partial charge on any atom is -0.496 e. The zero-order valence-electron chi connectivity index (χ0n) is 21.7. The fraction of sp³-hybridized carbons (Fsp3) is 0.630. The summed E-state index contributed by atoms with van der Waals surface area (Å²) >= 11 is 0. The summed E-state index contributed by atoms with van der Waals surface area (Å²) in [5.41, 5.74) is 2.03. The van der Waals surface area contributed by atoms with E-state index in [1.165, 1.54) is 0 Å². The fourth-order valence-corrected chi connectivity index (χ4v) is 5.06. The van der Waals surface area contributed by atoms with Crippen LogP contribution in [-0.4, -0.2) is 51.7 Å². The van der Waals surface area contributed by atoms with Crippen LogP contribution >= 0.6 is 0 Å². The number of hydrogen-bond acceptors (Lipinski definition) is 5. The maximum absolute atomic E-state index is 13.4. The molecule has 1 saturated carbocycles. The molecule has 4 rings (SSSR count). The van der Waals surface area contributed by atoms with Gasteiger partial charge in [0.05, 0.1) is 18.9 Å². The molecular weight excluding hydrogens is 442 g/mol. The highest BCUT2D eigenvalue weighted by molar-refractivity contribution is 5.82. The van der Waals surface area contributed by atoms with Crippen LogP contribution < -0.4 is 10.1 Å². The van der Waals surface area contributed by atoms with Crippen molar-refractivity contribution in [3.8, 4) is 5.75 Å². The summed E-state index contributed by atoms with van der Waals surface area (Å²) < 4.78 is 7.79. The van der Waals surface area contributed by atoms with Crippen molar-refractivity contribution < 1.29 is 14.3 Å². The van der Waals surface area contributed by atoms with Crippen LogP contribution in [0.25, 0.3) is 0 Å². The molecular formula is C27H39N5O3. The lowest BCUT2D eigenvalue weighted by Crippen LogP contribution is -2.35. The lowest BCUT2D eigenvalue weighted by atomic mass is 9.94.